The molecule has 0 saturated carbocycles. The molecule has 2 rings (SSSR count). The first-order chi connectivity index (χ1) is 9.20. The Morgan fingerprint density at radius 1 is 1.32 bits per heavy atom. The lowest BCUT2D eigenvalue weighted by Crippen LogP contribution is -2.45. The van der Waals surface area contributed by atoms with Crippen LogP contribution in [0.25, 0.3) is 0 Å². The topological polar surface area (TPSA) is 55.6 Å². The van der Waals surface area contributed by atoms with Crippen molar-refractivity contribution in [2.75, 3.05) is 32.8 Å². The summed E-state index contributed by atoms with van der Waals surface area (Å²) in [5.41, 5.74) is 6.63. The average Bonchev–Trinajstić information content (AvgIpc) is 2.47. The smallest absolute Gasteiger partial charge is 0.227 e. The largest absolute Gasteiger partial charge is 0.378 e. The van der Waals surface area contributed by atoms with Gasteiger partial charge in [0.1, 0.15) is 5.82 Å². The Kier molecular flexibility index (Phi) is 4.87. The van der Waals surface area contributed by atoms with Crippen LogP contribution in [0.15, 0.2) is 24.3 Å². The number of hydrogen-bond donors (Lipinski definition) is 1. The van der Waals surface area contributed by atoms with Gasteiger partial charge in [0.25, 0.3) is 0 Å². The first-order valence-electron chi connectivity index (χ1n) is 6.51. The second-order valence-corrected chi connectivity index (χ2v) is 4.70. The molecule has 0 spiro atoms. The SMILES string of the molecule is NCC(Cc1ccc(F)cc1)C(=O)N1CCOCC1. The van der Waals surface area contributed by atoms with E-state index in [0.717, 1.165) is 5.56 Å². The Labute approximate surface area is 112 Å². The lowest BCUT2D eigenvalue weighted by molar-refractivity contribution is -0.139. The molecule has 0 bridgehead atoms. The second kappa shape index (κ2) is 6.63. The highest BCUT2D eigenvalue weighted by Crippen LogP contribution is 2.13. The maximum atomic E-state index is 12.8. The average molecular weight is 266 g/mol. The van der Waals surface area contributed by atoms with E-state index in [4.69, 9.17) is 10.5 Å². The molecule has 0 aromatic heterocycles. The van der Waals surface area contributed by atoms with Crippen LogP contribution in [-0.2, 0) is 16.0 Å². The van der Waals surface area contributed by atoms with Crippen LogP contribution in [0.1, 0.15) is 5.56 Å². The molecule has 2 N–H and O–H groups in total. The minimum Gasteiger partial charge on any atom is -0.378 e. The van der Waals surface area contributed by atoms with Crippen molar-refractivity contribution in [3.63, 3.8) is 0 Å². The molecule has 1 aliphatic rings. The number of amides is 1. The highest BCUT2D eigenvalue weighted by molar-refractivity contribution is 5.79. The van der Waals surface area contributed by atoms with Crippen molar-refractivity contribution >= 4 is 5.91 Å². The van der Waals surface area contributed by atoms with Crippen LogP contribution in [0.5, 0.6) is 0 Å². The van der Waals surface area contributed by atoms with Crippen LogP contribution in [0.3, 0.4) is 0 Å². The minimum atomic E-state index is -0.271. The van der Waals surface area contributed by atoms with E-state index < -0.39 is 0 Å². The Morgan fingerprint density at radius 2 is 1.95 bits per heavy atom. The fourth-order valence-electron chi connectivity index (χ4n) is 2.22. The highest BCUT2D eigenvalue weighted by atomic mass is 19.1. The Hall–Kier alpha value is -1.46. The molecule has 5 heteroatoms. The van der Waals surface area contributed by atoms with Crippen molar-refractivity contribution in [3.8, 4) is 0 Å². The number of nitrogens with two attached hydrogens (primary N) is 1. The van der Waals surface area contributed by atoms with Gasteiger partial charge < -0.3 is 15.4 Å². The third-order valence-corrected chi connectivity index (χ3v) is 3.35. The number of carbonyl (C=O) groups is 1. The van der Waals surface area contributed by atoms with Crippen LogP contribution in [0.2, 0.25) is 0 Å². The van der Waals surface area contributed by atoms with Crippen molar-refractivity contribution in [2.24, 2.45) is 11.7 Å². The van der Waals surface area contributed by atoms with E-state index in [2.05, 4.69) is 0 Å². The molecule has 1 aliphatic heterocycles. The van der Waals surface area contributed by atoms with Crippen molar-refractivity contribution in [3.05, 3.63) is 35.6 Å². The Balaban J connectivity index is 1.98. The fraction of sp³-hybridized carbons (Fsp3) is 0.500. The van der Waals surface area contributed by atoms with Gasteiger partial charge in [-0.2, -0.15) is 0 Å². The molecule has 0 radical (unpaired) electrons. The highest BCUT2D eigenvalue weighted by Gasteiger charge is 2.24. The lowest BCUT2D eigenvalue weighted by Gasteiger charge is -2.30. The predicted molar refractivity (Wildman–Crippen MR) is 70.0 cm³/mol. The molecular formula is C14H19FN2O2. The van der Waals surface area contributed by atoms with Gasteiger partial charge in [-0.25, -0.2) is 4.39 Å². The molecule has 1 amide bonds. The Morgan fingerprint density at radius 3 is 2.53 bits per heavy atom. The number of halogens is 1. The van der Waals surface area contributed by atoms with E-state index >= 15 is 0 Å². The molecule has 1 heterocycles. The number of rotatable bonds is 4. The van der Waals surface area contributed by atoms with E-state index in [1.807, 2.05) is 0 Å². The third kappa shape index (κ3) is 3.75. The van der Waals surface area contributed by atoms with Crippen molar-refractivity contribution in [1.82, 2.24) is 4.90 Å². The van der Waals surface area contributed by atoms with Crippen LogP contribution in [0, 0.1) is 11.7 Å². The summed E-state index contributed by atoms with van der Waals surface area (Å²) in [5.74, 6) is -0.453. The van der Waals surface area contributed by atoms with Gasteiger partial charge in [0.2, 0.25) is 5.91 Å². The molecule has 1 aromatic carbocycles. The van der Waals surface area contributed by atoms with Crippen LogP contribution >= 0.6 is 0 Å². The van der Waals surface area contributed by atoms with Gasteiger partial charge in [0, 0.05) is 19.6 Å². The van der Waals surface area contributed by atoms with E-state index in [1.165, 1.54) is 12.1 Å². The van der Waals surface area contributed by atoms with Gasteiger partial charge in [0.15, 0.2) is 0 Å². The van der Waals surface area contributed by atoms with Crippen molar-refractivity contribution < 1.29 is 13.9 Å². The summed E-state index contributed by atoms with van der Waals surface area (Å²) in [7, 11) is 0. The normalized spacial score (nSPS) is 17.3. The summed E-state index contributed by atoms with van der Waals surface area (Å²) in [6.45, 7) is 2.71. The van der Waals surface area contributed by atoms with Gasteiger partial charge in [0.05, 0.1) is 19.1 Å². The van der Waals surface area contributed by atoms with Gasteiger partial charge in [-0.1, -0.05) is 12.1 Å². The molecule has 1 unspecified atom stereocenters. The first-order valence-corrected chi connectivity index (χ1v) is 6.51. The van der Waals surface area contributed by atoms with Gasteiger partial charge in [-0.05, 0) is 24.1 Å². The predicted octanol–water partition coefficient (Wildman–Crippen LogP) is 0.802. The fourth-order valence-corrected chi connectivity index (χ4v) is 2.22. The summed E-state index contributed by atoms with van der Waals surface area (Å²) >= 11 is 0. The van der Waals surface area contributed by atoms with E-state index in [0.29, 0.717) is 39.3 Å². The number of ether oxygens (including phenoxy) is 1. The molecule has 104 valence electrons. The quantitative estimate of drug-likeness (QED) is 0.877. The third-order valence-electron chi connectivity index (χ3n) is 3.35. The van der Waals surface area contributed by atoms with Crippen molar-refractivity contribution in [1.29, 1.82) is 0 Å². The standard InChI is InChI=1S/C14H19FN2O2/c15-13-3-1-11(2-4-13)9-12(10-16)14(18)17-5-7-19-8-6-17/h1-4,12H,5-10,16H2. The molecule has 4 nitrogen and oxygen atoms in total. The number of benzene rings is 1. The van der Waals surface area contributed by atoms with Crippen molar-refractivity contribution in [2.45, 2.75) is 6.42 Å². The monoisotopic (exact) mass is 266 g/mol. The van der Waals surface area contributed by atoms with Crippen LogP contribution in [0.4, 0.5) is 4.39 Å². The molecule has 0 aliphatic carbocycles. The van der Waals surface area contributed by atoms with E-state index in [1.54, 1.807) is 17.0 Å². The zero-order valence-corrected chi connectivity index (χ0v) is 10.8. The summed E-state index contributed by atoms with van der Waals surface area (Å²) < 4.78 is 18.1. The van der Waals surface area contributed by atoms with Gasteiger partial charge >= 0.3 is 0 Å². The van der Waals surface area contributed by atoms with E-state index in [9.17, 15) is 9.18 Å². The van der Waals surface area contributed by atoms with Gasteiger partial charge in [-0.15, -0.1) is 0 Å². The molecule has 1 atom stereocenters. The molecule has 1 fully saturated rings. The molecular weight excluding hydrogens is 247 g/mol. The zero-order chi connectivity index (χ0) is 13.7. The summed E-state index contributed by atoms with van der Waals surface area (Å²) in [4.78, 5) is 14.1. The lowest BCUT2D eigenvalue weighted by atomic mass is 9.98. The maximum Gasteiger partial charge on any atom is 0.227 e. The number of hydrogen-bond acceptors (Lipinski definition) is 3. The summed E-state index contributed by atoms with van der Waals surface area (Å²) in [6, 6.07) is 6.21. The summed E-state index contributed by atoms with van der Waals surface area (Å²) in [6.07, 6.45) is 0.549. The minimum absolute atomic E-state index is 0.0649. The zero-order valence-electron chi connectivity index (χ0n) is 10.8. The second-order valence-electron chi connectivity index (χ2n) is 4.70. The molecule has 1 saturated heterocycles. The van der Waals surface area contributed by atoms with Crippen LogP contribution in [-0.4, -0.2) is 43.7 Å². The molecule has 19 heavy (non-hydrogen) atoms. The summed E-state index contributed by atoms with van der Waals surface area (Å²) in [5, 5.41) is 0. The molecule has 1 aromatic rings. The van der Waals surface area contributed by atoms with E-state index in [-0.39, 0.29) is 17.6 Å². The number of nitrogens with zero attached hydrogens (tertiary/aromatic N) is 1. The number of carbonyl (C=O) groups excluding carboxylic acids is 1. The van der Waals surface area contributed by atoms with Crippen LogP contribution < -0.4 is 5.73 Å². The number of morpholine rings is 1. The Bertz CT molecular complexity index is 416. The first kappa shape index (κ1) is 14.0. The maximum absolute atomic E-state index is 12.8. The van der Waals surface area contributed by atoms with Gasteiger partial charge in [-0.3, -0.25) is 4.79 Å².